The number of aryl methyl sites for hydroxylation is 3. The highest BCUT2D eigenvalue weighted by atomic mass is 19.4. The molecule has 0 unspecified atom stereocenters. The Labute approximate surface area is 286 Å². The smallest absolute Gasteiger partial charge is 0.430 e. The van der Waals surface area contributed by atoms with E-state index in [-0.39, 0.29) is 11.3 Å². The van der Waals surface area contributed by atoms with E-state index in [1.807, 2.05) is 39.0 Å². The summed E-state index contributed by atoms with van der Waals surface area (Å²) in [6.45, 7) is 11.9. The number of phenolic OH excluding ortho intramolecular Hbond substituents is 1. The van der Waals surface area contributed by atoms with Gasteiger partial charge in [0.15, 0.2) is 0 Å². The van der Waals surface area contributed by atoms with Gasteiger partial charge in [0, 0.05) is 17.3 Å². The first-order valence-corrected chi connectivity index (χ1v) is 15.2. The van der Waals surface area contributed by atoms with Crippen LogP contribution in [0, 0.1) is 20.8 Å². The van der Waals surface area contributed by atoms with E-state index in [0.29, 0.717) is 16.7 Å². The van der Waals surface area contributed by atoms with Crippen LogP contribution < -0.4 is 0 Å². The van der Waals surface area contributed by atoms with E-state index in [2.05, 4.69) is 0 Å². The number of hydrogen-bond donors (Lipinski definition) is 3. The SMILES string of the molecule is Cc1cc(C(C)(C)c2ccc(C(C)(C)c3ccc(/C(=C/C(O)(C(F)(F)F)C(F)(F)F)CC(O)(C(F)(F)F)C(F)(F)F)c(C)c3)cc2C)ccc1O. The van der Waals surface area contributed by atoms with Crippen molar-refractivity contribution < 1.29 is 68.0 Å². The van der Waals surface area contributed by atoms with Crippen molar-refractivity contribution >= 4 is 5.57 Å². The van der Waals surface area contributed by atoms with Gasteiger partial charge < -0.3 is 15.3 Å². The quantitative estimate of drug-likeness (QED) is 0.201. The van der Waals surface area contributed by atoms with Gasteiger partial charge in [-0.05, 0) is 83.0 Å². The van der Waals surface area contributed by atoms with Crippen molar-refractivity contribution in [2.75, 3.05) is 0 Å². The molecule has 0 aliphatic carbocycles. The average Bonchev–Trinajstić information content (AvgIpc) is 2.95. The first-order valence-electron chi connectivity index (χ1n) is 15.2. The average molecular weight is 745 g/mol. The number of hydrogen-bond acceptors (Lipinski definition) is 3. The van der Waals surface area contributed by atoms with Crippen molar-refractivity contribution in [3.8, 4) is 5.75 Å². The molecule has 0 fully saturated rings. The maximum absolute atomic E-state index is 13.6. The van der Waals surface area contributed by atoms with Gasteiger partial charge >= 0.3 is 24.7 Å². The second-order valence-electron chi connectivity index (χ2n) is 13.8. The number of aliphatic hydroxyl groups is 2. The summed E-state index contributed by atoms with van der Waals surface area (Å²) in [4.78, 5) is 0. The normalized spacial score (nSPS) is 14.6. The zero-order valence-electron chi connectivity index (χ0n) is 28.4. The molecule has 3 aromatic rings. The molecule has 0 aliphatic rings. The van der Waals surface area contributed by atoms with E-state index in [9.17, 15) is 68.0 Å². The Bertz CT molecular complexity index is 1760. The van der Waals surface area contributed by atoms with Crippen molar-refractivity contribution in [3.63, 3.8) is 0 Å². The summed E-state index contributed by atoms with van der Waals surface area (Å²) in [5, 5.41) is 29.5. The van der Waals surface area contributed by atoms with Crippen LogP contribution in [0.25, 0.3) is 5.57 Å². The highest BCUT2D eigenvalue weighted by Crippen LogP contribution is 2.51. The van der Waals surface area contributed by atoms with E-state index >= 15 is 0 Å². The Kier molecular flexibility index (Phi) is 10.7. The second-order valence-corrected chi connectivity index (χ2v) is 13.8. The summed E-state index contributed by atoms with van der Waals surface area (Å²) in [5.41, 5.74) is -12.2. The molecular weight excluding hydrogens is 708 g/mol. The lowest BCUT2D eigenvalue weighted by molar-refractivity contribution is -0.366. The fourth-order valence-corrected chi connectivity index (χ4v) is 5.97. The molecule has 15 heteroatoms. The second kappa shape index (κ2) is 13.0. The summed E-state index contributed by atoms with van der Waals surface area (Å²) in [6.07, 6.45) is -30.5. The molecule has 0 amide bonds. The molecule has 0 bridgehead atoms. The molecule has 51 heavy (non-hydrogen) atoms. The maximum atomic E-state index is 13.6. The van der Waals surface area contributed by atoms with Gasteiger partial charge in [0.1, 0.15) is 5.75 Å². The van der Waals surface area contributed by atoms with Gasteiger partial charge in [-0.15, -0.1) is 0 Å². The molecule has 3 aromatic carbocycles. The van der Waals surface area contributed by atoms with Crippen molar-refractivity contribution in [1.29, 1.82) is 0 Å². The van der Waals surface area contributed by atoms with Gasteiger partial charge in [-0.2, -0.15) is 52.7 Å². The Balaban J connectivity index is 2.21. The van der Waals surface area contributed by atoms with Gasteiger partial charge in [0.05, 0.1) is 0 Å². The molecule has 3 N–H and O–H groups in total. The number of alkyl halides is 12. The van der Waals surface area contributed by atoms with Crippen LogP contribution in [0.15, 0.2) is 60.7 Å². The third-order valence-corrected chi connectivity index (χ3v) is 9.47. The first kappa shape index (κ1) is 41.7. The summed E-state index contributed by atoms with van der Waals surface area (Å²) >= 11 is 0. The molecule has 0 aromatic heterocycles. The molecule has 3 rings (SSSR count). The third-order valence-electron chi connectivity index (χ3n) is 9.47. The number of halogens is 12. The zero-order chi connectivity index (χ0) is 39.6. The molecule has 0 heterocycles. The Hall–Kier alpha value is -3.72. The van der Waals surface area contributed by atoms with Crippen LogP contribution in [0.1, 0.15) is 78.6 Å². The molecular formula is C36H36F12O3. The molecule has 0 radical (unpaired) electrons. The van der Waals surface area contributed by atoms with Crippen LogP contribution in [0.3, 0.4) is 0 Å². The summed E-state index contributed by atoms with van der Waals surface area (Å²) in [5.74, 6) is 0.125. The zero-order valence-corrected chi connectivity index (χ0v) is 28.4. The standard InChI is InChI=1S/C36H36F12O3/c1-19-14-23(29(4,5)24-9-12-27(20(2)15-24)30(6,7)25-10-13-28(49)21(3)16-25)8-11-26(19)22(17-31(50,33(37,38)39)34(40,41)42)18-32(51,35(43,44)45)36(46,47)48/h8-17,49-51H,18H2,1-7H3/b22-17+. The van der Waals surface area contributed by atoms with Gasteiger partial charge in [-0.1, -0.05) is 76.2 Å². The van der Waals surface area contributed by atoms with E-state index in [0.717, 1.165) is 35.7 Å². The third kappa shape index (κ3) is 7.60. The van der Waals surface area contributed by atoms with Gasteiger partial charge in [0.2, 0.25) is 0 Å². The van der Waals surface area contributed by atoms with Crippen LogP contribution in [0.4, 0.5) is 52.7 Å². The maximum Gasteiger partial charge on any atom is 0.430 e. The number of benzene rings is 3. The predicted octanol–water partition coefficient (Wildman–Crippen LogP) is 10.5. The van der Waals surface area contributed by atoms with Gasteiger partial charge in [0.25, 0.3) is 11.2 Å². The van der Waals surface area contributed by atoms with Crippen molar-refractivity contribution in [2.45, 2.75) is 102 Å². The van der Waals surface area contributed by atoms with Crippen molar-refractivity contribution in [1.82, 2.24) is 0 Å². The highest BCUT2D eigenvalue weighted by molar-refractivity contribution is 5.71. The van der Waals surface area contributed by atoms with E-state index < -0.39 is 70.4 Å². The van der Waals surface area contributed by atoms with Crippen LogP contribution in [-0.4, -0.2) is 51.2 Å². The number of aromatic hydroxyl groups is 1. The van der Waals surface area contributed by atoms with E-state index in [1.165, 1.54) is 6.07 Å². The fourth-order valence-electron chi connectivity index (χ4n) is 5.97. The highest BCUT2D eigenvalue weighted by Gasteiger charge is 2.72. The monoisotopic (exact) mass is 744 g/mol. The van der Waals surface area contributed by atoms with Crippen molar-refractivity contribution in [2.24, 2.45) is 0 Å². The Morgan fingerprint density at radius 3 is 1.37 bits per heavy atom. The van der Waals surface area contributed by atoms with E-state index in [1.54, 1.807) is 39.0 Å². The first-order chi connectivity index (χ1) is 22.7. The largest absolute Gasteiger partial charge is 0.508 e. The summed E-state index contributed by atoms with van der Waals surface area (Å²) in [6, 6.07) is 13.7. The molecule has 0 aliphatic heterocycles. The van der Waals surface area contributed by atoms with E-state index in [4.69, 9.17) is 0 Å². The lowest BCUT2D eigenvalue weighted by atomic mass is 9.72. The predicted molar refractivity (Wildman–Crippen MR) is 166 cm³/mol. The lowest BCUT2D eigenvalue weighted by Gasteiger charge is -2.35. The van der Waals surface area contributed by atoms with Gasteiger partial charge in [-0.25, -0.2) is 0 Å². The van der Waals surface area contributed by atoms with Crippen LogP contribution in [0.2, 0.25) is 0 Å². The van der Waals surface area contributed by atoms with Crippen molar-refractivity contribution in [3.05, 3.63) is 105 Å². The molecule has 0 saturated heterocycles. The van der Waals surface area contributed by atoms with Crippen LogP contribution >= 0.6 is 0 Å². The minimum absolute atomic E-state index is 0.125. The number of phenols is 1. The molecule has 0 atom stereocenters. The molecule has 282 valence electrons. The number of rotatable bonds is 8. The Morgan fingerprint density at radius 1 is 0.549 bits per heavy atom. The van der Waals surface area contributed by atoms with Crippen LogP contribution in [0.5, 0.6) is 5.75 Å². The fraction of sp³-hybridized carbons (Fsp3) is 0.444. The topological polar surface area (TPSA) is 60.7 Å². The molecule has 3 nitrogen and oxygen atoms in total. The summed E-state index contributed by atoms with van der Waals surface area (Å²) in [7, 11) is 0. The van der Waals surface area contributed by atoms with Gasteiger partial charge in [-0.3, -0.25) is 0 Å². The molecule has 0 saturated carbocycles. The lowest BCUT2D eigenvalue weighted by Crippen LogP contribution is -2.58. The Morgan fingerprint density at radius 2 is 0.961 bits per heavy atom. The summed E-state index contributed by atoms with van der Waals surface area (Å²) < 4.78 is 164. The minimum atomic E-state index is -6.64. The van der Waals surface area contributed by atoms with Crippen LogP contribution in [-0.2, 0) is 10.8 Å². The minimum Gasteiger partial charge on any atom is -0.508 e. The molecule has 0 spiro atoms.